The van der Waals surface area contributed by atoms with Crippen molar-refractivity contribution in [2.45, 2.75) is 11.2 Å². The molecule has 7 nitrogen and oxygen atoms in total. The van der Waals surface area contributed by atoms with Crippen molar-refractivity contribution >= 4 is 23.4 Å². The smallest absolute Gasteiger partial charge is 0.252 e. The highest BCUT2D eigenvalue weighted by Gasteiger charge is 2.30. The number of H-pyrrole nitrogens is 1. The van der Waals surface area contributed by atoms with Gasteiger partial charge in [0.25, 0.3) is 11.5 Å². The van der Waals surface area contributed by atoms with Gasteiger partial charge in [-0.2, -0.15) is 0 Å². The first-order valence-electron chi connectivity index (χ1n) is 9.32. The van der Waals surface area contributed by atoms with Crippen LogP contribution in [0.25, 0.3) is 5.70 Å². The molecule has 1 amide bonds. The molecule has 30 heavy (non-hydrogen) atoms. The van der Waals surface area contributed by atoms with Gasteiger partial charge in [-0.3, -0.25) is 15.0 Å². The predicted molar refractivity (Wildman–Crippen MR) is 116 cm³/mol. The number of ether oxygens (including phenoxy) is 1. The van der Waals surface area contributed by atoms with Gasteiger partial charge in [0.2, 0.25) is 0 Å². The SMILES string of the molecule is COc1ccc([C@H]2C=C(c3ccccc3)NN2C(=O)CSc2nccc(=O)[nH]2)cc1. The zero-order valence-corrected chi connectivity index (χ0v) is 17.1. The second-order valence-corrected chi connectivity index (χ2v) is 7.53. The third-order valence-electron chi connectivity index (χ3n) is 4.63. The third-order valence-corrected chi connectivity index (χ3v) is 5.51. The number of rotatable bonds is 6. The minimum atomic E-state index is -0.276. The maximum atomic E-state index is 13.1. The predicted octanol–water partition coefficient (Wildman–Crippen LogP) is 3.00. The molecule has 1 aliphatic rings. The summed E-state index contributed by atoms with van der Waals surface area (Å²) >= 11 is 1.19. The lowest BCUT2D eigenvalue weighted by molar-refractivity contribution is -0.131. The van der Waals surface area contributed by atoms with Gasteiger partial charge in [-0.15, -0.1) is 0 Å². The average molecular weight is 420 g/mol. The molecule has 0 saturated carbocycles. The monoisotopic (exact) mass is 420 g/mol. The quantitative estimate of drug-likeness (QED) is 0.471. The van der Waals surface area contributed by atoms with Crippen LogP contribution in [-0.2, 0) is 4.79 Å². The third kappa shape index (κ3) is 4.38. The number of nitrogens with zero attached hydrogens (tertiary/aromatic N) is 2. The van der Waals surface area contributed by atoms with Gasteiger partial charge >= 0.3 is 0 Å². The number of aromatic nitrogens is 2. The Morgan fingerprint density at radius 2 is 1.90 bits per heavy atom. The summed E-state index contributed by atoms with van der Waals surface area (Å²) in [4.78, 5) is 31.2. The van der Waals surface area contributed by atoms with Crippen LogP contribution in [-0.4, -0.2) is 33.7 Å². The normalized spacial score (nSPS) is 15.4. The van der Waals surface area contributed by atoms with Crippen molar-refractivity contribution in [2.24, 2.45) is 0 Å². The lowest BCUT2D eigenvalue weighted by Crippen LogP contribution is -2.40. The van der Waals surface area contributed by atoms with E-state index in [2.05, 4.69) is 15.4 Å². The minimum absolute atomic E-state index is 0.127. The number of aromatic amines is 1. The number of methoxy groups -OCH3 is 1. The van der Waals surface area contributed by atoms with E-state index < -0.39 is 0 Å². The Morgan fingerprint density at radius 1 is 1.13 bits per heavy atom. The molecule has 2 heterocycles. The molecule has 0 spiro atoms. The number of benzene rings is 2. The van der Waals surface area contributed by atoms with Crippen molar-refractivity contribution in [3.63, 3.8) is 0 Å². The van der Waals surface area contributed by atoms with Gasteiger partial charge in [0.15, 0.2) is 5.16 Å². The van der Waals surface area contributed by atoms with Crippen molar-refractivity contribution in [1.29, 1.82) is 0 Å². The fourth-order valence-electron chi connectivity index (χ4n) is 3.14. The van der Waals surface area contributed by atoms with E-state index in [-0.39, 0.29) is 23.3 Å². The van der Waals surface area contributed by atoms with Gasteiger partial charge in [-0.25, -0.2) is 9.99 Å². The standard InChI is InChI=1S/C22H20N4O3S/c1-29-17-9-7-16(8-10-17)19-13-18(15-5-3-2-4-6-15)25-26(19)21(28)14-30-22-23-12-11-20(27)24-22/h2-13,19,25H,14H2,1H3,(H,23,24,27)/t19-/m1/s1. The van der Waals surface area contributed by atoms with Crippen LogP contribution < -0.4 is 15.7 Å². The lowest BCUT2D eigenvalue weighted by atomic mass is 10.0. The van der Waals surface area contributed by atoms with Crippen LogP contribution in [0.1, 0.15) is 17.2 Å². The van der Waals surface area contributed by atoms with Crippen molar-refractivity contribution in [3.05, 3.63) is 94.4 Å². The molecule has 8 heteroatoms. The number of hydrogen-bond acceptors (Lipinski definition) is 6. The van der Waals surface area contributed by atoms with Gasteiger partial charge in [-0.05, 0) is 29.3 Å². The van der Waals surface area contributed by atoms with Crippen LogP contribution in [0.3, 0.4) is 0 Å². The minimum Gasteiger partial charge on any atom is -0.497 e. The molecule has 2 aromatic carbocycles. The summed E-state index contributed by atoms with van der Waals surface area (Å²) in [6.07, 6.45) is 3.46. The van der Waals surface area contributed by atoms with E-state index in [0.29, 0.717) is 5.16 Å². The van der Waals surface area contributed by atoms with Gasteiger partial charge < -0.3 is 9.72 Å². The van der Waals surface area contributed by atoms with E-state index in [1.54, 1.807) is 12.1 Å². The van der Waals surface area contributed by atoms with Crippen molar-refractivity contribution in [1.82, 2.24) is 20.4 Å². The van der Waals surface area contributed by atoms with Crippen LogP contribution in [0.4, 0.5) is 0 Å². The van der Waals surface area contributed by atoms with Crippen molar-refractivity contribution in [3.8, 4) is 5.75 Å². The summed E-state index contributed by atoms with van der Waals surface area (Å²) in [6.45, 7) is 0. The molecule has 1 aromatic heterocycles. The highest BCUT2D eigenvalue weighted by Crippen LogP contribution is 2.32. The van der Waals surface area contributed by atoms with Crippen LogP contribution in [0.5, 0.6) is 5.75 Å². The van der Waals surface area contributed by atoms with E-state index in [1.165, 1.54) is 24.0 Å². The highest BCUT2D eigenvalue weighted by molar-refractivity contribution is 7.99. The van der Waals surface area contributed by atoms with Crippen LogP contribution in [0, 0.1) is 0 Å². The van der Waals surface area contributed by atoms with E-state index in [9.17, 15) is 9.59 Å². The lowest BCUT2D eigenvalue weighted by Gasteiger charge is -2.25. The van der Waals surface area contributed by atoms with Crippen LogP contribution in [0.15, 0.2) is 82.9 Å². The summed E-state index contributed by atoms with van der Waals surface area (Å²) in [5.41, 5.74) is 5.81. The Kier molecular flexibility index (Phi) is 5.85. The van der Waals surface area contributed by atoms with Gasteiger partial charge in [0.05, 0.1) is 24.6 Å². The first-order valence-corrected chi connectivity index (χ1v) is 10.3. The number of carbonyl (C=O) groups is 1. The Morgan fingerprint density at radius 3 is 2.60 bits per heavy atom. The summed E-state index contributed by atoms with van der Waals surface area (Å²) in [6, 6.07) is 18.5. The first-order chi connectivity index (χ1) is 14.6. The van der Waals surface area contributed by atoms with E-state index in [1.807, 2.05) is 60.7 Å². The summed E-state index contributed by atoms with van der Waals surface area (Å²) < 4.78 is 5.24. The Bertz CT molecular complexity index is 1110. The average Bonchev–Trinajstić information content (AvgIpc) is 3.24. The molecule has 0 unspecified atom stereocenters. The molecule has 0 aliphatic carbocycles. The van der Waals surface area contributed by atoms with E-state index >= 15 is 0 Å². The molecule has 0 radical (unpaired) electrons. The number of amides is 1. The molecular weight excluding hydrogens is 400 g/mol. The van der Waals surface area contributed by atoms with E-state index in [4.69, 9.17) is 4.74 Å². The Hall–Kier alpha value is -3.52. The zero-order chi connectivity index (χ0) is 20.9. The zero-order valence-electron chi connectivity index (χ0n) is 16.2. The van der Waals surface area contributed by atoms with Crippen molar-refractivity contribution < 1.29 is 9.53 Å². The molecule has 1 aliphatic heterocycles. The Balaban J connectivity index is 1.57. The molecule has 0 saturated heterocycles. The highest BCUT2D eigenvalue weighted by atomic mass is 32.2. The topological polar surface area (TPSA) is 87.3 Å². The first kappa shape index (κ1) is 19.8. The molecule has 4 rings (SSSR count). The van der Waals surface area contributed by atoms with E-state index in [0.717, 1.165) is 22.6 Å². The fourth-order valence-corrected chi connectivity index (χ4v) is 3.84. The molecule has 0 fully saturated rings. The molecular formula is C22H20N4O3S. The number of thioether (sulfide) groups is 1. The maximum absolute atomic E-state index is 13.1. The summed E-state index contributed by atoms with van der Waals surface area (Å²) in [7, 11) is 1.62. The number of hydrazine groups is 1. The number of nitrogens with one attached hydrogen (secondary N) is 2. The second kappa shape index (κ2) is 8.87. The number of hydrogen-bond donors (Lipinski definition) is 2. The maximum Gasteiger partial charge on any atom is 0.252 e. The second-order valence-electron chi connectivity index (χ2n) is 6.57. The van der Waals surface area contributed by atoms with Crippen LogP contribution in [0.2, 0.25) is 0 Å². The number of carbonyl (C=O) groups excluding carboxylic acids is 1. The molecule has 3 aromatic rings. The largest absolute Gasteiger partial charge is 0.497 e. The molecule has 0 bridgehead atoms. The molecule has 152 valence electrons. The van der Waals surface area contributed by atoms with Gasteiger partial charge in [-0.1, -0.05) is 54.2 Å². The Labute approximate surface area is 177 Å². The molecule has 1 atom stereocenters. The van der Waals surface area contributed by atoms with Gasteiger partial charge in [0.1, 0.15) is 5.75 Å². The summed E-state index contributed by atoms with van der Waals surface area (Å²) in [5.74, 6) is 0.752. The van der Waals surface area contributed by atoms with Crippen molar-refractivity contribution in [2.75, 3.05) is 12.9 Å². The fraction of sp³-hybridized carbons (Fsp3) is 0.136. The van der Waals surface area contributed by atoms with Crippen LogP contribution >= 0.6 is 11.8 Å². The molecule has 2 N–H and O–H groups in total. The summed E-state index contributed by atoms with van der Waals surface area (Å²) in [5, 5.41) is 2.02. The van der Waals surface area contributed by atoms with Gasteiger partial charge in [0, 0.05) is 12.3 Å².